The maximum Gasteiger partial charge on any atom is 0.234 e. The van der Waals surface area contributed by atoms with E-state index in [2.05, 4.69) is 5.32 Å². The maximum absolute atomic E-state index is 11.9. The number of amides is 1. The Hall–Kier alpha value is -1.62. The van der Waals surface area contributed by atoms with Crippen LogP contribution in [-0.4, -0.2) is 36.2 Å². The second kappa shape index (κ2) is 7.09. The van der Waals surface area contributed by atoms with Gasteiger partial charge >= 0.3 is 0 Å². The number of nitrogens with one attached hydrogen (secondary N) is 1. The highest BCUT2D eigenvalue weighted by molar-refractivity contribution is 5.88. The molecule has 1 N–H and O–H groups in total. The minimum absolute atomic E-state index is 0.0166. The van der Waals surface area contributed by atoms with Crippen molar-refractivity contribution < 1.29 is 14.0 Å². The number of nitrogens with zero attached hydrogens (tertiary/aromatic N) is 1. The molecule has 0 fully saturated rings. The van der Waals surface area contributed by atoms with Crippen LogP contribution < -0.4 is 5.32 Å². The van der Waals surface area contributed by atoms with Crippen molar-refractivity contribution in [2.75, 3.05) is 13.6 Å². The van der Waals surface area contributed by atoms with Gasteiger partial charge in [0.05, 0.1) is 25.4 Å². The third-order valence-corrected chi connectivity index (χ3v) is 2.84. The molecule has 0 saturated carbocycles. The highest BCUT2D eigenvalue weighted by Gasteiger charge is 2.21. The molecule has 0 spiro atoms. The number of Topliss-reactive ketones (excluding diaryl/α,β-unsaturated/α-hetero) is 1. The summed E-state index contributed by atoms with van der Waals surface area (Å²) in [6.45, 7) is 6.12. The molecule has 0 aliphatic rings. The first-order chi connectivity index (χ1) is 8.90. The molecule has 0 aromatic carbocycles. The minimum atomic E-state index is -0.412. The number of furan rings is 1. The zero-order chi connectivity index (χ0) is 14.4. The topological polar surface area (TPSA) is 62.6 Å². The van der Waals surface area contributed by atoms with Gasteiger partial charge in [0.1, 0.15) is 5.76 Å². The monoisotopic (exact) mass is 266 g/mol. The Kier molecular flexibility index (Phi) is 5.76. The molecule has 1 atom stereocenters. The van der Waals surface area contributed by atoms with E-state index < -0.39 is 6.04 Å². The van der Waals surface area contributed by atoms with Gasteiger partial charge in [-0.3, -0.25) is 14.5 Å². The second-order valence-corrected chi connectivity index (χ2v) is 5.15. The van der Waals surface area contributed by atoms with Crippen molar-refractivity contribution >= 4 is 11.7 Å². The van der Waals surface area contributed by atoms with Crippen LogP contribution in [0.4, 0.5) is 0 Å². The van der Waals surface area contributed by atoms with E-state index in [1.807, 2.05) is 37.9 Å². The lowest BCUT2D eigenvalue weighted by Crippen LogP contribution is -2.46. The molecule has 5 heteroatoms. The maximum atomic E-state index is 11.9. The summed E-state index contributed by atoms with van der Waals surface area (Å²) in [5.41, 5.74) is 0. The van der Waals surface area contributed by atoms with Crippen molar-refractivity contribution in [3.05, 3.63) is 24.2 Å². The number of carbonyl (C=O) groups excluding carboxylic acids is 2. The molecule has 1 heterocycles. The molecule has 1 aromatic rings. The van der Waals surface area contributed by atoms with E-state index in [1.54, 1.807) is 6.26 Å². The summed E-state index contributed by atoms with van der Waals surface area (Å²) in [6.07, 6.45) is 1.60. The molecule has 106 valence electrons. The van der Waals surface area contributed by atoms with Crippen LogP contribution in [0.3, 0.4) is 0 Å². The zero-order valence-electron chi connectivity index (χ0n) is 12.0. The predicted molar refractivity (Wildman–Crippen MR) is 72.5 cm³/mol. The van der Waals surface area contributed by atoms with Gasteiger partial charge in [-0.1, -0.05) is 13.8 Å². The summed E-state index contributed by atoms with van der Waals surface area (Å²) in [4.78, 5) is 25.1. The van der Waals surface area contributed by atoms with Crippen molar-refractivity contribution in [1.29, 1.82) is 0 Å². The van der Waals surface area contributed by atoms with Crippen LogP contribution in [0, 0.1) is 5.92 Å². The molecule has 0 aliphatic carbocycles. The Morgan fingerprint density at radius 1 is 1.42 bits per heavy atom. The van der Waals surface area contributed by atoms with Crippen LogP contribution in [0.2, 0.25) is 0 Å². The van der Waals surface area contributed by atoms with Gasteiger partial charge in [0, 0.05) is 0 Å². The third kappa shape index (κ3) is 5.26. The lowest BCUT2D eigenvalue weighted by Gasteiger charge is -2.21. The highest BCUT2D eigenvalue weighted by Crippen LogP contribution is 2.05. The summed E-state index contributed by atoms with van der Waals surface area (Å²) in [5, 5.41) is 2.77. The zero-order valence-corrected chi connectivity index (χ0v) is 12.0. The molecule has 1 unspecified atom stereocenters. The molecule has 0 aliphatic heterocycles. The summed E-state index contributed by atoms with van der Waals surface area (Å²) < 4.78 is 5.22. The third-order valence-electron chi connectivity index (χ3n) is 2.84. The number of hydrogen-bond acceptors (Lipinski definition) is 4. The molecule has 1 amide bonds. The molecule has 1 aromatic heterocycles. The van der Waals surface area contributed by atoms with Gasteiger partial charge in [-0.15, -0.1) is 0 Å². The first-order valence-corrected chi connectivity index (χ1v) is 6.41. The Morgan fingerprint density at radius 2 is 2.11 bits per heavy atom. The smallest absolute Gasteiger partial charge is 0.234 e. The van der Waals surface area contributed by atoms with E-state index in [-0.39, 0.29) is 24.2 Å². The Morgan fingerprint density at radius 3 is 2.58 bits per heavy atom. The molecule has 0 bridgehead atoms. The summed E-state index contributed by atoms with van der Waals surface area (Å²) in [6, 6.07) is 3.26. The number of likely N-dealkylation sites (N-methyl/N-ethyl adjacent to an activating group) is 1. The van der Waals surface area contributed by atoms with Crippen LogP contribution in [0.15, 0.2) is 22.8 Å². The van der Waals surface area contributed by atoms with Gasteiger partial charge in [-0.05, 0) is 32.0 Å². The second-order valence-electron chi connectivity index (χ2n) is 5.15. The van der Waals surface area contributed by atoms with Gasteiger partial charge < -0.3 is 9.73 Å². The Bertz CT molecular complexity index is 412. The lowest BCUT2D eigenvalue weighted by molar-refractivity contribution is -0.128. The Balaban J connectivity index is 2.43. The van der Waals surface area contributed by atoms with Crippen molar-refractivity contribution in [3.63, 3.8) is 0 Å². The number of carbonyl (C=O) groups is 2. The van der Waals surface area contributed by atoms with E-state index in [1.165, 1.54) is 6.92 Å². The quantitative estimate of drug-likeness (QED) is 0.811. The predicted octanol–water partition coefficient (Wildman–Crippen LogP) is 1.44. The van der Waals surface area contributed by atoms with E-state index in [0.717, 1.165) is 5.76 Å². The number of hydrogen-bond donors (Lipinski definition) is 1. The number of ketones is 1. The minimum Gasteiger partial charge on any atom is -0.468 e. The van der Waals surface area contributed by atoms with Gasteiger partial charge in [-0.2, -0.15) is 0 Å². The van der Waals surface area contributed by atoms with Crippen molar-refractivity contribution in [2.24, 2.45) is 5.92 Å². The van der Waals surface area contributed by atoms with Crippen molar-refractivity contribution in [1.82, 2.24) is 10.2 Å². The molecule has 1 rings (SSSR count). The van der Waals surface area contributed by atoms with Gasteiger partial charge in [0.2, 0.25) is 5.91 Å². The fourth-order valence-corrected chi connectivity index (χ4v) is 1.93. The van der Waals surface area contributed by atoms with Crippen LogP contribution in [0.1, 0.15) is 26.5 Å². The van der Waals surface area contributed by atoms with Gasteiger partial charge in [-0.25, -0.2) is 0 Å². The lowest BCUT2D eigenvalue weighted by atomic mass is 10.0. The molecular formula is C14H22N2O3. The summed E-state index contributed by atoms with van der Waals surface area (Å²) >= 11 is 0. The summed E-state index contributed by atoms with van der Waals surface area (Å²) in [7, 11) is 1.83. The largest absolute Gasteiger partial charge is 0.468 e. The molecular weight excluding hydrogens is 244 g/mol. The average molecular weight is 266 g/mol. The highest BCUT2D eigenvalue weighted by atomic mass is 16.3. The van der Waals surface area contributed by atoms with Crippen LogP contribution in [0.5, 0.6) is 0 Å². The van der Waals surface area contributed by atoms with E-state index >= 15 is 0 Å². The molecule has 0 saturated heterocycles. The van der Waals surface area contributed by atoms with Crippen molar-refractivity contribution in [3.8, 4) is 0 Å². The average Bonchev–Trinajstić information content (AvgIpc) is 2.77. The standard InChI is InChI=1S/C14H22N2O3/c1-10(2)14(11(3)17)15-13(18)9-16(4)8-12-6-5-7-19-12/h5-7,10,14H,8-9H2,1-4H3,(H,15,18). The van der Waals surface area contributed by atoms with Crippen LogP contribution in [-0.2, 0) is 16.1 Å². The molecule has 5 nitrogen and oxygen atoms in total. The Labute approximate surface area is 114 Å². The molecule has 0 radical (unpaired) electrons. The first kappa shape index (κ1) is 15.4. The fourth-order valence-electron chi connectivity index (χ4n) is 1.93. The van der Waals surface area contributed by atoms with Gasteiger partial charge in [0.25, 0.3) is 0 Å². The fraction of sp³-hybridized carbons (Fsp3) is 0.571. The van der Waals surface area contributed by atoms with Crippen LogP contribution >= 0.6 is 0 Å². The number of rotatable bonds is 7. The van der Waals surface area contributed by atoms with E-state index in [0.29, 0.717) is 6.54 Å². The van der Waals surface area contributed by atoms with Gasteiger partial charge in [0.15, 0.2) is 5.78 Å². The van der Waals surface area contributed by atoms with E-state index in [9.17, 15) is 9.59 Å². The van der Waals surface area contributed by atoms with Crippen molar-refractivity contribution in [2.45, 2.75) is 33.4 Å². The first-order valence-electron chi connectivity index (χ1n) is 6.41. The molecule has 19 heavy (non-hydrogen) atoms. The van der Waals surface area contributed by atoms with E-state index in [4.69, 9.17) is 4.42 Å². The SMILES string of the molecule is CC(=O)C(NC(=O)CN(C)Cc1ccco1)C(C)C. The summed E-state index contributed by atoms with van der Waals surface area (Å²) in [5.74, 6) is 0.735. The normalized spacial score (nSPS) is 12.7. The van der Waals surface area contributed by atoms with Crippen LogP contribution in [0.25, 0.3) is 0 Å².